The lowest BCUT2D eigenvalue weighted by Crippen LogP contribution is -1.82. The van der Waals surface area contributed by atoms with Crippen molar-refractivity contribution in [3.63, 3.8) is 0 Å². The van der Waals surface area contributed by atoms with Gasteiger partial charge in [0, 0.05) is 12.4 Å². The fourth-order valence-corrected chi connectivity index (χ4v) is 0.559. The number of hydrogen-bond donors (Lipinski definition) is 1. The number of H-pyrrole nitrogens is 1. The first-order valence-electron chi connectivity index (χ1n) is 2.77. The van der Waals surface area contributed by atoms with Gasteiger partial charge < -0.3 is 4.98 Å². The molecule has 0 saturated carbocycles. The quantitative estimate of drug-likeness (QED) is 0.551. The second-order valence-corrected chi connectivity index (χ2v) is 1.62. The summed E-state index contributed by atoms with van der Waals surface area (Å²) in [6, 6.07) is 0. The summed E-state index contributed by atoms with van der Waals surface area (Å²) in [7, 11) is 0. The summed E-state index contributed by atoms with van der Waals surface area (Å²) >= 11 is 0. The Labute approximate surface area is 58.5 Å². The molecule has 0 unspecified atom stereocenters. The van der Waals surface area contributed by atoms with Gasteiger partial charge in [0.1, 0.15) is 5.82 Å². The van der Waals surface area contributed by atoms with Gasteiger partial charge in [0.25, 0.3) is 6.29 Å². The van der Waals surface area contributed by atoms with Gasteiger partial charge in [-0.05, 0) is 5.92 Å². The molecule has 0 aliphatic rings. The standard InChI is InChI=1S/C7H5N2O/c10-6-2-1-3-7-8-4-5-9-7/h4-5H,3H2,(H,8,9). The first kappa shape index (κ1) is 6.56. The molecule has 1 aromatic rings. The average Bonchev–Trinajstić information content (AvgIpc) is 2.41. The summed E-state index contributed by atoms with van der Waals surface area (Å²) in [5.74, 6) is 5.51. The van der Waals surface area contributed by atoms with Crippen molar-refractivity contribution in [3.8, 4) is 11.8 Å². The number of nitrogens with zero attached hydrogens (tertiary/aromatic N) is 1. The molecule has 1 heterocycles. The van der Waals surface area contributed by atoms with E-state index in [1.807, 2.05) is 0 Å². The Hall–Kier alpha value is -1.56. The highest BCUT2D eigenvalue weighted by atomic mass is 16.1. The lowest BCUT2D eigenvalue weighted by Gasteiger charge is -1.80. The van der Waals surface area contributed by atoms with E-state index in [4.69, 9.17) is 0 Å². The van der Waals surface area contributed by atoms with E-state index in [2.05, 4.69) is 21.8 Å². The smallest absolute Gasteiger partial charge is 0.284 e. The molecule has 3 nitrogen and oxygen atoms in total. The number of hydrogen-bond acceptors (Lipinski definition) is 2. The van der Waals surface area contributed by atoms with E-state index >= 15 is 0 Å². The molecule has 0 aromatic carbocycles. The molecule has 49 valence electrons. The third-order valence-electron chi connectivity index (χ3n) is 0.950. The third-order valence-corrected chi connectivity index (χ3v) is 0.950. The van der Waals surface area contributed by atoms with Crippen LogP contribution in [0, 0.1) is 11.8 Å². The van der Waals surface area contributed by atoms with Gasteiger partial charge in [-0.3, -0.25) is 4.79 Å². The van der Waals surface area contributed by atoms with Crippen LogP contribution < -0.4 is 0 Å². The number of rotatable bonds is 1. The van der Waals surface area contributed by atoms with Crippen LogP contribution in [0.3, 0.4) is 0 Å². The van der Waals surface area contributed by atoms with Crippen LogP contribution in [0.1, 0.15) is 5.82 Å². The van der Waals surface area contributed by atoms with Gasteiger partial charge in [-0.25, -0.2) is 4.98 Å². The molecule has 3 heteroatoms. The topological polar surface area (TPSA) is 45.8 Å². The first-order chi connectivity index (χ1) is 4.93. The van der Waals surface area contributed by atoms with Crippen LogP contribution >= 0.6 is 0 Å². The predicted octanol–water partition coefficient (Wildman–Crippen LogP) is 0.0653. The molecular formula is C7H5N2O. The Morgan fingerprint density at radius 3 is 3.20 bits per heavy atom. The second kappa shape index (κ2) is 3.46. The van der Waals surface area contributed by atoms with Crippen molar-refractivity contribution in [3.05, 3.63) is 18.2 Å². The Morgan fingerprint density at radius 1 is 1.70 bits per heavy atom. The maximum absolute atomic E-state index is 9.60. The predicted molar refractivity (Wildman–Crippen MR) is 35.8 cm³/mol. The van der Waals surface area contributed by atoms with Crippen LogP contribution in [-0.4, -0.2) is 16.3 Å². The van der Waals surface area contributed by atoms with Gasteiger partial charge >= 0.3 is 0 Å². The van der Waals surface area contributed by atoms with Crippen LogP contribution in [0.5, 0.6) is 0 Å². The summed E-state index contributed by atoms with van der Waals surface area (Å²) in [6.45, 7) is 0. The van der Waals surface area contributed by atoms with E-state index in [1.165, 1.54) is 6.29 Å². The molecule has 1 rings (SSSR count). The molecule has 0 atom stereocenters. The van der Waals surface area contributed by atoms with Crippen molar-refractivity contribution in [2.45, 2.75) is 6.42 Å². The zero-order chi connectivity index (χ0) is 7.23. The van der Waals surface area contributed by atoms with Crippen molar-refractivity contribution in [2.75, 3.05) is 0 Å². The monoisotopic (exact) mass is 133 g/mol. The molecule has 0 amide bonds. The third kappa shape index (κ3) is 1.75. The van der Waals surface area contributed by atoms with Crippen molar-refractivity contribution >= 4 is 6.29 Å². The average molecular weight is 133 g/mol. The largest absolute Gasteiger partial charge is 0.348 e. The maximum atomic E-state index is 9.60. The fourth-order valence-electron chi connectivity index (χ4n) is 0.559. The maximum Gasteiger partial charge on any atom is 0.284 e. The van der Waals surface area contributed by atoms with E-state index in [0.717, 1.165) is 5.82 Å². The minimum atomic E-state index is 0.474. The van der Waals surface area contributed by atoms with Crippen molar-refractivity contribution in [2.24, 2.45) is 0 Å². The molecule has 0 saturated heterocycles. The van der Waals surface area contributed by atoms with Crippen LogP contribution in [0.25, 0.3) is 0 Å². The lowest BCUT2D eigenvalue weighted by atomic mass is 10.4. The highest BCUT2D eigenvalue weighted by molar-refractivity contribution is 5.73. The van der Waals surface area contributed by atoms with E-state index in [0.29, 0.717) is 6.42 Å². The number of aromatic amines is 1. The molecule has 0 aliphatic heterocycles. The van der Waals surface area contributed by atoms with Gasteiger partial charge in [0.15, 0.2) is 0 Å². The summed E-state index contributed by atoms with van der Waals surface area (Å²) in [5, 5.41) is 0. The molecular weight excluding hydrogens is 128 g/mol. The van der Waals surface area contributed by atoms with E-state index < -0.39 is 0 Å². The Morgan fingerprint density at radius 2 is 2.60 bits per heavy atom. The second-order valence-electron chi connectivity index (χ2n) is 1.62. The molecule has 0 bridgehead atoms. The summed E-state index contributed by atoms with van der Waals surface area (Å²) in [5.41, 5.74) is 0. The van der Waals surface area contributed by atoms with Crippen molar-refractivity contribution in [1.29, 1.82) is 0 Å². The fraction of sp³-hybridized carbons (Fsp3) is 0.143. The summed E-state index contributed by atoms with van der Waals surface area (Å²) in [6.07, 6.45) is 5.30. The minimum Gasteiger partial charge on any atom is -0.348 e. The number of carbonyl (C=O) groups excluding carboxylic acids is 1. The first-order valence-corrected chi connectivity index (χ1v) is 2.77. The highest BCUT2D eigenvalue weighted by Gasteiger charge is 1.86. The molecule has 1 aromatic heterocycles. The van der Waals surface area contributed by atoms with Crippen LogP contribution in [-0.2, 0) is 11.2 Å². The number of imidazole rings is 1. The van der Waals surface area contributed by atoms with Crippen LogP contribution in [0.4, 0.5) is 0 Å². The lowest BCUT2D eigenvalue weighted by molar-refractivity contribution is 0.565. The van der Waals surface area contributed by atoms with E-state index in [-0.39, 0.29) is 0 Å². The molecule has 1 radical (unpaired) electrons. The normalized spacial score (nSPS) is 8.00. The van der Waals surface area contributed by atoms with Gasteiger partial charge in [-0.15, -0.1) is 0 Å². The van der Waals surface area contributed by atoms with Gasteiger partial charge in [-0.1, -0.05) is 5.92 Å². The Balaban J connectivity index is 2.49. The van der Waals surface area contributed by atoms with Crippen molar-refractivity contribution < 1.29 is 4.79 Å². The molecule has 0 aliphatic carbocycles. The summed E-state index contributed by atoms with van der Waals surface area (Å²) < 4.78 is 0. The summed E-state index contributed by atoms with van der Waals surface area (Å²) in [4.78, 5) is 16.4. The molecule has 10 heavy (non-hydrogen) atoms. The van der Waals surface area contributed by atoms with Crippen molar-refractivity contribution in [1.82, 2.24) is 9.97 Å². The highest BCUT2D eigenvalue weighted by Crippen LogP contribution is 1.86. The molecule has 0 fully saturated rings. The van der Waals surface area contributed by atoms with Gasteiger partial charge in [0.2, 0.25) is 0 Å². The van der Waals surface area contributed by atoms with Gasteiger partial charge in [0.05, 0.1) is 6.42 Å². The van der Waals surface area contributed by atoms with Crippen LogP contribution in [0.15, 0.2) is 12.4 Å². The van der Waals surface area contributed by atoms with Crippen LogP contribution in [0.2, 0.25) is 0 Å². The number of nitrogens with one attached hydrogen (secondary N) is 1. The number of aromatic nitrogens is 2. The molecule has 1 N–H and O–H groups in total. The Kier molecular flexibility index (Phi) is 2.27. The SMILES string of the molecule is O=[C]C#CCc1ncc[nH]1. The molecule has 0 spiro atoms. The van der Waals surface area contributed by atoms with E-state index in [1.54, 1.807) is 12.4 Å². The zero-order valence-corrected chi connectivity index (χ0v) is 5.22. The zero-order valence-electron chi connectivity index (χ0n) is 5.22. The van der Waals surface area contributed by atoms with Gasteiger partial charge in [-0.2, -0.15) is 0 Å². The minimum absolute atomic E-state index is 0.474. The van der Waals surface area contributed by atoms with E-state index in [9.17, 15) is 4.79 Å². The Bertz CT molecular complexity index is 253.